The number of rotatable bonds is 24. The molecular weight excluding hydrogens is 702 g/mol. The summed E-state index contributed by atoms with van der Waals surface area (Å²) in [5.41, 5.74) is 1.14. The molecule has 1 heterocycles. The number of likely N-dealkylation sites (N-methyl/N-ethyl adjacent to an activating group) is 2. The molecule has 0 spiro atoms. The lowest BCUT2D eigenvalue weighted by molar-refractivity contribution is -0.148. The maximum atomic E-state index is 14.4. The first-order chi connectivity index (χ1) is 26.0. The fourth-order valence-electron chi connectivity index (χ4n) is 8.04. The molecule has 312 valence electrons. The van der Waals surface area contributed by atoms with Gasteiger partial charge in [-0.2, -0.15) is 0 Å². The Hall–Kier alpha value is -3.55. The zero-order valence-electron chi connectivity index (χ0n) is 35.4. The van der Waals surface area contributed by atoms with Crippen molar-refractivity contribution >= 4 is 29.6 Å². The smallest absolute Gasteiger partial charge is 0.303 e. The van der Waals surface area contributed by atoms with Crippen LogP contribution in [0.1, 0.15) is 92.6 Å². The van der Waals surface area contributed by atoms with Gasteiger partial charge in [-0.05, 0) is 62.6 Å². The quantitative estimate of drug-likeness (QED) is 0.140. The molecule has 2 rings (SSSR count). The predicted octanol–water partition coefficient (Wildman–Crippen LogP) is 4.23. The molecule has 1 aliphatic rings. The van der Waals surface area contributed by atoms with E-state index in [1.54, 1.807) is 33.2 Å². The zero-order chi connectivity index (χ0) is 41.4. The van der Waals surface area contributed by atoms with Crippen molar-refractivity contribution in [3.63, 3.8) is 0 Å². The molecule has 1 aromatic carbocycles. The summed E-state index contributed by atoms with van der Waals surface area (Å²) in [5, 5.41) is 15.2. The number of carbonyl (C=O) groups excluding carboxylic acids is 4. The Morgan fingerprint density at radius 3 is 2.15 bits per heavy atom. The lowest BCUT2D eigenvalue weighted by atomic mass is 9.89. The molecule has 13 heteroatoms. The Balaban J connectivity index is 2.22. The number of methoxy groups -OCH3 is 2. The molecule has 0 bridgehead atoms. The second-order valence-corrected chi connectivity index (χ2v) is 16.0. The highest BCUT2D eigenvalue weighted by molar-refractivity contribution is 5.90. The van der Waals surface area contributed by atoms with Gasteiger partial charge in [-0.15, -0.1) is 0 Å². The second-order valence-electron chi connectivity index (χ2n) is 16.0. The third-order valence-electron chi connectivity index (χ3n) is 11.3. The van der Waals surface area contributed by atoms with Crippen molar-refractivity contribution < 1.29 is 38.6 Å². The molecule has 1 aromatic rings. The van der Waals surface area contributed by atoms with Gasteiger partial charge in [-0.1, -0.05) is 85.2 Å². The van der Waals surface area contributed by atoms with E-state index in [4.69, 9.17) is 14.6 Å². The summed E-state index contributed by atoms with van der Waals surface area (Å²) in [7, 11) is 6.66. The number of carboxylic acid groups (broad SMARTS) is 1. The summed E-state index contributed by atoms with van der Waals surface area (Å²) in [6.45, 7) is 15.0. The molecule has 0 aliphatic carbocycles. The summed E-state index contributed by atoms with van der Waals surface area (Å²) < 4.78 is 12.0. The van der Waals surface area contributed by atoms with Crippen LogP contribution in [-0.2, 0) is 39.9 Å². The number of nitrogens with zero attached hydrogens (tertiary/aromatic N) is 3. The standard InChI is InChI=1S/C42H71N5O8/c1-12-29(6)38(46(9)42(53)36(27(2)3)44-41(52)37(28(4)5)45(8)24-17-21-35(49)50)33(54-10)26-34(48)47-25-16-20-32(47)39(55-11)30(7)40(51)43-23-22-31-18-14-13-15-19-31/h13-15,18-19,27-30,32-33,36-39H,12,16-17,20-26H2,1-11H3,(H,43,51)(H,44,52)(H,49,50)/t29-,30+,32-,33+,36-,37-,38-,39+/m0/s1. The van der Waals surface area contributed by atoms with Crippen LogP contribution in [0.25, 0.3) is 0 Å². The van der Waals surface area contributed by atoms with Gasteiger partial charge < -0.3 is 35.0 Å². The van der Waals surface area contributed by atoms with Crippen LogP contribution in [0.15, 0.2) is 30.3 Å². The number of benzene rings is 1. The van der Waals surface area contributed by atoms with Crippen LogP contribution < -0.4 is 10.6 Å². The largest absolute Gasteiger partial charge is 0.481 e. The van der Waals surface area contributed by atoms with Gasteiger partial charge in [0.05, 0.1) is 42.7 Å². The number of ether oxygens (including phenoxy) is 2. The Morgan fingerprint density at radius 2 is 1.60 bits per heavy atom. The van der Waals surface area contributed by atoms with E-state index in [0.717, 1.165) is 18.4 Å². The zero-order valence-corrected chi connectivity index (χ0v) is 35.4. The van der Waals surface area contributed by atoms with Gasteiger partial charge in [-0.3, -0.25) is 28.9 Å². The van der Waals surface area contributed by atoms with Crippen LogP contribution in [0.4, 0.5) is 0 Å². The number of amides is 4. The molecule has 8 atom stereocenters. The maximum Gasteiger partial charge on any atom is 0.303 e. The topological polar surface area (TPSA) is 158 Å². The first-order valence-corrected chi connectivity index (χ1v) is 20.2. The third kappa shape index (κ3) is 13.9. The van der Waals surface area contributed by atoms with Gasteiger partial charge in [0.1, 0.15) is 6.04 Å². The van der Waals surface area contributed by atoms with Gasteiger partial charge in [0, 0.05) is 40.8 Å². The Labute approximate surface area is 330 Å². The molecule has 0 unspecified atom stereocenters. The molecule has 1 saturated heterocycles. The average molecular weight is 774 g/mol. The van der Waals surface area contributed by atoms with E-state index in [1.807, 2.05) is 88.6 Å². The Bertz CT molecular complexity index is 1360. The van der Waals surface area contributed by atoms with Crippen LogP contribution in [0.3, 0.4) is 0 Å². The van der Waals surface area contributed by atoms with Crippen LogP contribution in [-0.4, -0.2) is 134 Å². The number of hydrogen-bond donors (Lipinski definition) is 3. The van der Waals surface area contributed by atoms with E-state index in [-0.39, 0.29) is 60.3 Å². The summed E-state index contributed by atoms with van der Waals surface area (Å²) in [6.07, 6.45) is 2.23. The van der Waals surface area contributed by atoms with E-state index >= 15 is 0 Å². The summed E-state index contributed by atoms with van der Waals surface area (Å²) in [5.74, 6) is -2.55. The van der Waals surface area contributed by atoms with E-state index in [0.29, 0.717) is 38.9 Å². The molecule has 1 fully saturated rings. The fourth-order valence-corrected chi connectivity index (χ4v) is 8.04. The predicted molar refractivity (Wildman–Crippen MR) is 214 cm³/mol. The SMILES string of the molecule is CC[C@H](C)[C@@H]([C@@H](CC(=O)N1CCC[C@H]1[C@H](OC)[C@@H](C)C(=O)NCCc1ccccc1)OC)N(C)C(=O)[C@@H](NC(=O)[C@H](C(C)C)N(C)CCCC(=O)O)C(C)C. The molecule has 4 amide bonds. The summed E-state index contributed by atoms with van der Waals surface area (Å²) >= 11 is 0. The van der Waals surface area contributed by atoms with Crippen molar-refractivity contribution in [3.05, 3.63) is 35.9 Å². The molecule has 0 radical (unpaired) electrons. The molecular formula is C42H71N5O8. The van der Waals surface area contributed by atoms with Crippen molar-refractivity contribution in [1.82, 2.24) is 25.3 Å². The van der Waals surface area contributed by atoms with Gasteiger partial charge in [0.2, 0.25) is 23.6 Å². The normalized spacial score (nSPS) is 18.4. The highest BCUT2D eigenvalue weighted by Crippen LogP contribution is 2.29. The van der Waals surface area contributed by atoms with E-state index in [9.17, 15) is 24.0 Å². The van der Waals surface area contributed by atoms with Gasteiger partial charge in [-0.25, -0.2) is 0 Å². The highest BCUT2D eigenvalue weighted by Gasteiger charge is 2.43. The first kappa shape index (κ1) is 47.6. The molecule has 1 aliphatic heterocycles. The van der Waals surface area contributed by atoms with Crippen LogP contribution in [0, 0.1) is 23.7 Å². The minimum atomic E-state index is -0.886. The minimum Gasteiger partial charge on any atom is -0.481 e. The van der Waals surface area contributed by atoms with Crippen molar-refractivity contribution in [3.8, 4) is 0 Å². The second kappa shape index (κ2) is 23.5. The minimum absolute atomic E-state index is 0.00603. The number of aliphatic carboxylic acids is 1. The van der Waals surface area contributed by atoms with Crippen molar-refractivity contribution in [2.24, 2.45) is 23.7 Å². The molecule has 55 heavy (non-hydrogen) atoms. The number of hydrogen-bond acceptors (Lipinski definition) is 8. The average Bonchev–Trinajstić information content (AvgIpc) is 3.63. The fraction of sp³-hybridized carbons (Fsp3) is 0.738. The highest BCUT2D eigenvalue weighted by atomic mass is 16.5. The summed E-state index contributed by atoms with van der Waals surface area (Å²) in [4.78, 5) is 71.9. The molecule has 13 nitrogen and oxygen atoms in total. The molecule has 0 aromatic heterocycles. The first-order valence-electron chi connectivity index (χ1n) is 20.2. The lowest BCUT2D eigenvalue weighted by Crippen LogP contribution is -2.60. The Kier molecular flexibility index (Phi) is 20.3. The molecule has 0 saturated carbocycles. The van der Waals surface area contributed by atoms with Crippen LogP contribution >= 0.6 is 0 Å². The van der Waals surface area contributed by atoms with Crippen molar-refractivity contribution in [1.29, 1.82) is 0 Å². The number of carbonyl (C=O) groups is 5. The number of likely N-dealkylation sites (tertiary alicyclic amines) is 1. The van der Waals surface area contributed by atoms with Crippen LogP contribution in [0.5, 0.6) is 0 Å². The number of carboxylic acids is 1. The van der Waals surface area contributed by atoms with Crippen molar-refractivity contribution in [2.75, 3.05) is 47.9 Å². The van der Waals surface area contributed by atoms with E-state index < -0.39 is 42.2 Å². The van der Waals surface area contributed by atoms with Crippen LogP contribution in [0.2, 0.25) is 0 Å². The summed E-state index contributed by atoms with van der Waals surface area (Å²) in [6, 6.07) is 7.81. The van der Waals surface area contributed by atoms with E-state index in [1.165, 1.54) is 0 Å². The lowest BCUT2D eigenvalue weighted by Gasteiger charge is -2.41. The third-order valence-corrected chi connectivity index (χ3v) is 11.3. The van der Waals surface area contributed by atoms with Gasteiger partial charge in [0.25, 0.3) is 0 Å². The Morgan fingerprint density at radius 1 is 0.945 bits per heavy atom. The van der Waals surface area contributed by atoms with Gasteiger partial charge >= 0.3 is 5.97 Å². The molecule has 3 N–H and O–H groups in total. The number of nitrogens with one attached hydrogen (secondary N) is 2. The van der Waals surface area contributed by atoms with Gasteiger partial charge in [0.15, 0.2) is 0 Å². The van der Waals surface area contributed by atoms with E-state index in [2.05, 4.69) is 10.6 Å². The maximum absolute atomic E-state index is 14.4. The monoisotopic (exact) mass is 774 g/mol. The van der Waals surface area contributed by atoms with Crippen molar-refractivity contribution in [2.45, 2.75) is 130 Å².